The number of rotatable bonds is 39. The van der Waals surface area contributed by atoms with Gasteiger partial charge in [0.2, 0.25) is 0 Å². The lowest BCUT2D eigenvalue weighted by molar-refractivity contribution is -0.870. The monoisotopic (exact) mass is 825 g/mol. The van der Waals surface area contributed by atoms with Crippen LogP contribution >= 0.6 is 0 Å². The number of ether oxygens (including phenoxy) is 4. The first-order chi connectivity index (χ1) is 28.6. The molecule has 0 radical (unpaired) electrons. The minimum Gasteiger partial charge on any atom is -0.477 e. The van der Waals surface area contributed by atoms with E-state index in [0.29, 0.717) is 23.9 Å². The molecular formula is C50H82NO8+. The number of carboxylic acid groups (broad SMARTS) is 1. The molecule has 9 heteroatoms. The summed E-state index contributed by atoms with van der Waals surface area (Å²) in [5.41, 5.74) is 0. The standard InChI is InChI=1S/C50H81NO8/c1-6-8-10-12-14-16-18-20-22-23-24-25-27-29-31-33-35-37-39-41-48(53)59-46(45-58-50(49(54)55)56-43-42-51(3,4)5)44-57-47(52)40-38-36-34-32-30-28-26-21-19-17-15-13-11-9-7-2/h8,10,14-17,20-22,24-26,29,31,35,37,46,50H,6-7,9,11-13,18-19,23,27-28,30,32-34,36,38-45H2,1-5H3/p+1/b10-8-,16-14-,17-15-,22-20-,25-24-,26-21-,31-29-,37-35-. The van der Waals surface area contributed by atoms with Crippen LogP contribution in [0.2, 0.25) is 0 Å². The Bertz CT molecular complexity index is 1280. The van der Waals surface area contributed by atoms with Gasteiger partial charge >= 0.3 is 17.9 Å². The van der Waals surface area contributed by atoms with Crippen LogP contribution in [0.25, 0.3) is 0 Å². The molecule has 0 aliphatic rings. The molecule has 2 atom stereocenters. The van der Waals surface area contributed by atoms with Gasteiger partial charge in [-0.05, 0) is 83.5 Å². The second-order valence-electron chi connectivity index (χ2n) is 15.6. The highest BCUT2D eigenvalue weighted by Crippen LogP contribution is 2.11. The molecule has 334 valence electrons. The zero-order valence-corrected chi connectivity index (χ0v) is 37.6. The molecule has 0 saturated carbocycles. The Balaban J connectivity index is 4.62. The lowest BCUT2D eigenvalue weighted by Gasteiger charge is -2.25. The van der Waals surface area contributed by atoms with E-state index < -0.39 is 24.3 Å². The molecule has 0 aromatic heterocycles. The Morgan fingerprint density at radius 3 is 1.51 bits per heavy atom. The van der Waals surface area contributed by atoms with E-state index in [1.807, 2.05) is 33.3 Å². The molecule has 0 aliphatic heterocycles. The molecule has 9 nitrogen and oxygen atoms in total. The number of carboxylic acids is 1. The quantitative estimate of drug-likeness (QED) is 0.0215. The molecule has 0 amide bonds. The molecule has 2 unspecified atom stereocenters. The first-order valence-corrected chi connectivity index (χ1v) is 22.4. The topological polar surface area (TPSA) is 108 Å². The Hall–Kier alpha value is -3.79. The highest BCUT2D eigenvalue weighted by Gasteiger charge is 2.25. The maximum absolute atomic E-state index is 12.7. The van der Waals surface area contributed by atoms with Crippen molar-refractivity contribution in [2.75, 3.05) is 47.5 Å². The van der Waals surface area contributed by atoms with Crippen LogP contribution in [0.15, 0.2) is 97.2 Å². The van der Waals surface area contributed by atoms with Crippen LogP contribution in [-0.4, -0.2) is 87.4 Å². The number of likely N-dealkylation sites (N-methyl/N-ethyl adjacent to an activating group) is 1. The summed E-state index contributed by atoms with van der Waals surface area (Å²) in [4.78, 5) is 37.1. The van der Waals surface area contributed by atoms with E-state index in [9.17, 15) is 19.5 Å². The van der Waals surface area contributed by atoms with Gasteiger partial charge in [-0.2, -0.15) is 0 Å². The van der Waals surface area contributed by atoms with Gasteiger partial charge in [-0.3, -0.25) is 9.59 Å². The van der Waals surface area contributed by atoms with Crippen molar-refractivity contribution in [3.63, 3.8) is 0 Å². The summed E-state index contributed by atoms with van der Waals surface area (Å²) in [6.07, 6.45) is 50.5. The smallest absolute Gasteiger partial charge is 0.361 e. The number of allylic oxidation sites excluding steroid dienone is 16. The summed E-state index contributed by atoms with van der Waals surface area (Å²) in [6.45, 7) is 4.59. The van der Waals surface area contributed by atoms with Crippen molar-refractivity contribution in [1.29, 1.82) is 0 Å². The van der Waals surface area contributed by atoms with Crippen molar-refractivity contribution in [3.05, 3.63) is 97.2 Å². The van der Waals surface area contributed by atoms with Crippen LogP contribution in [0, 0.1) is 0 Å². The van der Waals surface area contributed by atoms with E-state index in [0.717, 1.165) is 77.0 Å². The molecule has 0 fully saturated rings. The molecule has 0 rings (SSSR count). The number of hydrogen-bond donors (Lipinski definition) is 1. The molecule has 1 N–H and O–H groups in total. The lowest BCUT2D eigenvalue weighted by Crippen LogP contribution is -2.40. The Labute approximate surface area is 359 Å². The fourth-order valence-electron chi connectivity index (χ4n) is 5.36. The number of nitrogens with zero attached hydrogens (tertiary/aromatic N) is 1. The van der Waals surface area contributed by atoms with Crippen molar-refractivity contribution in [1.82, 2.24) is 0 Å². The Kier molecular flexibility index (Phi) is 38.3. The summed E-state index contributed by atoms with van der Waals surface area (Å²) in [5, 5.41) is 9.63. The van der Waals surface area contributed by atoms with Gasteiger partial charge in [0, 0.05) is 12.8 Å². The molecule has 0 aliphatic carbocycles. The molecule has 59 heavy (non-hydrogen) atoms. The Morgan fingerprint density at radius 2 is 1.00 bits per heavy atom. The van der Waals surface area contributed by atoms with Crippen LogP contribution in [0.4, 0.5) is 0 Å². The minimum atomic E-state index is -1.54. The fourth-order valence-corrected chi connectivity index (χ4v) is 5.36. The summed E-state index contributed by atoms with van der Waals surface area (Å²) in [6, 6.07) is 0. The summed E-state index contributed by atoms with van der Waals surface area (Å²) < 4.78 is 22.6. The van der Waals surface area contributed by atoms with Crippen molar-refractivity contribution in [3.8, 4) is 0 Å². The first kappa shape index (κ1) is 55.2. The summed E-state index contributed by atoms with van der Waals surface area (Å²) in [5.74, 6) is -2.16. The zero-order chi connectivity index (χ0) is 43.5. The molecule has 0 saturated heterocycles. The van der Waals surface area contributed by atoms with E-state index in [4.69, 9.17) is 18.9 Å². The van der Waals surface area contributed by atoms with Gasteiger partial charge in [0.05, 0.1) is 34.4 Å². The van der Waals surface area contributed by atoms with Gasteiger partial charge in [-0.1, -0.05) is 143 Å². The normalized spacial score (nSPS) is 13.8. The number of carbonyl (C=O) groups excluding carboxylic acids is 2. The highest BCUT2D eigenvalue weighted by atomic mass is 16.7. The summed E-state index contributed by atoms with van der Waals surface area (Å²) in [7, 11) is 5.91. The van der Waals surface area contributed by atoms with E-state index in [-0.39, 0.29) is 38.6 Å². The first-order valence-electron chi connectivity index (χ1n) is 22.4. The van der Waals surface area contributed by atoms with Crippen LogP contribution in [0.3, 0.4) is 0 Å². The third kappa shape index (κ3) is 42.1. The number of hydrogen-bond acceptors (Lipinski definition) is 7. The molecule has 0 aromatic rings. The van der Waals surface area contributed by atoms with Crippen LogP contribution in [0.5, 0.6) is 0 Å². The van der Waals surface area contributed by atoms with E-state index in [2.05, 4.69) is 98.9 Å². The van der Waals surface area contributed by atoms with E-state index in [1.165, 1.54) is 25.7 Å². The van der Waals surface area contributed by atoms with Crippen molar-refractivity contribution in [2.45, 2.75) is 155 Å². The number of unbranched alkanes of at least 4 members (excludes halogenated alkanes) is 8. The van der Waals surface area contributed by atoms with Gasteiger partial charge in [-0.15, -0.1) is 0 Å². The van der Waals surface area contributed by atoms with Crippen molar-refractivity contribution >= 4 is 17.9 Å². The average Bonchev–Trinajstić information content (AvgIpc) is 3.19. The fraction of sp³-hybridized carbons (Fsp3) is 0.620. The SMILES string of the molecule is CC/C=C\C/C=C\C/C=C\C/C=C\C/C=C\C/C=C\CCC(=O)OC(COC(=O)CCCCCCC/C=C\C/C=C\CCCCC)COC(OCC[N+](C)(C)C)C(=O)O. The zero-order valence-electron chi connectivity index (χ0n) is 37.6. The van der Waals surface area contributed by atoms with Crippen molar-refractivity contribution < 1.29 is 42.9 Å². The predicted molar refractivity (Wildman–Crippen MR) is 244 cm³/mol. The van der Waals surface area contributed by atoms with Crippen LogP contribution in [0.1, 0.15) is 142 Å². The van der Waals surface area contributed by atoms with E-state index in [1.54, 1.807) is 0 Å². The molecular weight excluding hydrogens is 743 g/mol. The molecule has 0 aromatic carbocycles. The maximum atomic E-state index is 12.7. The molecule has 0 bridgehead atoms. The van der Waals surface area contributed by atoms with Gasteiger partial charge in [0.25, 0.3) is 6.29 Å². The third-order valence-corrected chi connectivity index (χ3v) is 8.84. The van der Waals surface area contributed by atoms with Gasteiger partial charge < -0.3 is 28.5 Å². The minimum absolute atomic E-state index is 0.126. The maximum Gasteiger partial charge on any atom is 0.361 e. The predicted octanol–water partition coefficient (Wildman–Crippen LogP) is 11.9. The molecule has 0 spiro atoms. The lowest BCUT2D eigenvalue weighted by atomic mass is 10.1. The largest absolute Gasteiger partial charge is 0.477 e. The van der Waals surface area contributed by atoms with Crippen LogP contribution < -0.4 is 0 Å². The van der Waals surface area contributed by atoms with Crippen LogP contribution in [-0.2, 0) is 33.3 Å². The van der Waals surface area contributed by atoms with Crippen molar-refractivity contribution in [2.24, 2.45) is 0 Å². The number of esters is 2. The van der Waals surface area contributed by atoms with Gasteiger partial charge in [-0.25, -0.2) is 4.79 Å². The molecule has 0 heterocycles. The Morgan fingerprint density at radius 1 is 0.525 bits per heavy atom. The number of carbonyl (C=O) groups is 3. The van der Waals surface area contributed by atoms with E-state index >= 15 is 0 Å². The summed E-state index contributed by atoms with van der Waals surface area (Å²) >= 11 is 0. The number of aliphatic carboxylic acids is 1. The second-order valence-corrected chi connectivity index (χ2v) is 15.6. The third-order valence-electron chi connectivity index (χ3n) is 8.84. The van der Waals surface area contributed by atoms with Gasteiger partial charge in [0.15, 0.2) is 6.10 Å². The van der Waals surface area contributed by atoms with Gasteiger partial charge in [0.1, 0.15) is 13.2 Å². The second kappa shape index (κ2) is 41.0. The number of quaternary nitrogens is 1. The average molecular weight is 825 g/mol. The highest BCUT2D eigenvalue weighted by molar-refractivity contribution is 5.71.